The normalized spacial score (nSPS) is 10.1. The number of benzene rings is 1. The standard InChI is InChI=1S/C11H5ClIN3O2/c12-8-3-7(13)1-2-9(8)16-5-6(4-14)10(17)15-11(16)18/h1-3,5H,(H,15,17,18). The summed E-state index contributed by atoms with van der Waals surface area (Å²) in [5.41, 5.74) is -1.08. The number of nitrogens with one attached hydrogen (secondary N) is 1. The second-order valence-corrected chi connectivity index (χ2v) is 5.03. The molecule has 0 fully saturated rings. The maximum atomic E-state index is 11.7. The van der Waals surface area contributed by atoms with Crippen molar-refractivity contribution in [3.63, 3.8) is 0 Å². The van der Waals surface area contributed by atoms with E-state index in [0.29, 0.717) is 10.7 Å². The van der Waals surface area contributed by atoms with E-state index in [4.69, 9.17) is 16.9 Å². The average Bonchev–Trinajstić information content (AvgIpc) is 2.30. The van der Waals surface area contributed by atoms with Crippen LogP contribution < -0.4 is 11.2 Å². The highest BCUT2D eigenvalue weighted by molar-refractivity contribution is 14.1. The third kappa shape index (κ3) is 2.32. The number of nitriles is 1. The lowest BCUT2D eigenvalue weighted by Gasteiger charge is -2.07. The number of nitrogens with zero attached hydrogens (tertiary/aromatic N) is 2. The van der Waals surface area contributed by atoms with E-state index in [0.717, 1.165) is 8.14 Å². The van der Waals surface area contributed by atoms with Crippen LogP contribution in [0.15, 0.2) is 34.0 Å². The first-order valence-corrected chi connectivity index (χ1v) is 6.20. The molecule has 2 rings (SSSR count). The van der Waals surface area contributed by atoms with Gasteiger partial charge in [0.1, 0.15) is 11.6 Å². The Morgan fingerprint density at radius 3 is 2.72 bits per heavy atom. The van der Waals surface area contributed by atoms with E-state index in [-0.39, 0.29) is 5.56 Å². The maximum absolute atomic E-state index is 11.7. The fraction of sp³-hybridized carbons (Fsp3) is 0. The Labute approximate surface area is 120 Å². The molecule has 7 heteroatoms. The lowest BCUT2D eigenvalue weighted by Crippen LogP contribution is -2.30. The van der Waals surface area contributed by atoms with Gasteiger partial charge >= 0.3 is 5.69 Å². The van der Waals surface area contributed by atoms with Gasteiger partial charge in [0.15, 0.2) is 0 Å². The molecule has 0 saturated heterocycles. The van der Waals surface area contributed by atoms with Crippen molar-refractivity contribution in [2.75, 3.05) is 0 Å². The predicted octanol–water partition coefficient (Wildman–Crippen LogP) is 1.66. The van der Waals surface area contributed by atoms with Crippen LogP contribution in [0, 0.1) is 14.9 Å². The van der Waals surface area contributed by atoms with E-state index in [1.165, 1.54) is 6.20 Å². The molecule has 2 aromatic rings. The summed E-state index contributed by atoms with van der Waals surface area (Å²) >= 11 is 8.12. The summed E-state index contributed by atoms with van der Waals surface area (Å²) in [5.74, 6) is 0. The molecule has 0 saturated carbocycles. The first-order chi connectivity index (χ1) is 8.52. The molecular formula is C11H5ClIN3O2. The summed E-state index contributed by atoms with van der Waals surface area (Å²) in [7, 11) is 0. The summed E-state index contributed by atoms with van der Waals surface area (Å²) in [6, 6.07) is 6.81. The van der Waals surface area contributed by atoms with Crippen LogP contribution in [-0.4, -0.2) is 9.55 Å². The fourth-order valence-corrected chi connectivity index (χ4v) is 2.35. The number of H-pyrrole nitrogens is 1. The van der Waals surface area contributed by atoms with Crippen LogP contribution in [-0.2, 0) is 0 Å². The van der Waals surface area contributed by atoms with Crippen molar-refractivity contribution >= 4 is 34.2 Å². The molecule has 1 aromatic carbocycles. The van der Waals surface area contributed by atoms with Gasteiger partial charge in [-0.2, -0.15) is 5.26 Å². The quantitative estimate of drug-likeness (QED) is 0.772. The predicted molar refractivity (Wildman–Crippen MR) is 75.1 cm³/mol. The van der Waals surface area contributed by atoms with Gasteiger partial charge in [-0.25, -0.2) is 4.79 Å². The highest BCUT2D eigenvalue weighted by atomic mass is 127. The van der Waals surface area contributed by atoms with Crippen LogP contribution >= 0.6 is 34.2 Å². The van der Waals surface area contributed by atoms with E-state index in [2.05, 4.69) is 27.6 Å². The van der Waals surface area contributed by atoms with Crippen LogP contribution in [0.3, 0.4) is 0 Å². The molecule has 0 atom stereocenters. The van der Waals surface area contributed by atoms with Crippen molar-refractivity contribution in [2.24, 2.45) is 0 Å². The molecule has 1 heterocycles. The Morgan fingerprint density at radius 1 is 1.39 bits per heavy atom. The van der Waals surface area contributed by atoms with Gasteiger partial charge in [-0.05, 0) is 40.8 Å². The average molecular weight is 374 g/mol. The molecule has 1 aromatic heterocycles. The second kappa shape index (κ2) is 4.96. The van der Waals surface area contributed by atoms with Gasteiger partial charge in [0, 0.05) is 9.77 Å². The Bertz CT molecular complexity index is 773. The highest BCUT2D eigenvalue weighted by Crippen LogP contribution is 2.21. The van der Waals surface area contributed by atoms with E-state index >= 15 is 0 Å². The Balaban J connectivity index is 2.76. The largest absolute Gasteiger partial charge is 0.333 e. The molecule has 0 bridgehead atoms. The molecule has 0 aliphatic rings. The van der Waals surface area contributed by atoms with Crippen LogP contribution in [0.4, 0.5) is 0 Å². The zero-order valence-electron chi connectivity index (χ0n) is 8.78. The third-order valence-electron chi connectivity index (χ3n) is 2.23. The molecule has 0 amide bonds. The van der Waals surface area contributed by atoms with E-state index < -0.39 is 11.2 Å². The molecule has 5 nitrogen and oxygen atoms in total. The Hall–Kier alpha value is -1.59. The molecular weight excluding hydrogens is 368 g/mol. The zero-order chi connectivity index (χ0) is 13.3. The number of hydrogen-bond acceptors (Lipinski definition) is 3. The number of rotatable bonds is 1. The molecule has 1 N–H and O–H groups in total. The Morgan fingerprint density at radius 2 is 2.11 bits per heavy atom. The summed E-state index contributed by atoms with van der Waals surface area (Å²) in [5, 5.41) is 9.14. The fourth-order valence-electron chi connectivity index (χ4n) is 1.41. The van der Waals surface area contributed by atoms with Crippen molar-refractivity contribution in [1.82, 2.24) is 9.55 Å². The maximum Gasteiger partial charge on any atom is 0.333 e. The van der Waals surface area contributed by atoms with E-state index in [9.17, 15) is 9.59 Å². The molecule has 18 heavy (non-hydrogen) atoms. The topological polar surface area (TPSA) is 78.7 Å². The Kier molecular flexibility index (Phi) is 3.54. The number of hydrogen-bond donors (Lipinski definition) is 1. The molecule has 0 spiro atoms. The van der Waals surface area contributed by atoms with E-state index in [1.807, 2.05) is 0 Å². The van der Waals surface area contributed by atoms with Gasteiger partial charge in [-0.15, -0.1) is 0 Å². The van der Waals surface area contributed by atoms with Gasteiger partial charge in [-0.1, -0.05) is 11.6 Å². The van der Waals surface area contributed by atoms with Gasteiger partial charge in [0.2, 0.25) is 0 Å². The summed E-state index contributed by atoms with van der Waals surface area (Å²) in [6.45, 7) is 0. The smallest absolute Gasteiger partial charge is 0.273 e. The lowest BCUT2D eigenvalue weighted by atomic mass is 10.3. The monoisotopic (exact) mass is 373 g/mol. The number of aromatic amines is 1. The SMILES string of the molecule is N#Cc1cn(-c2ccc(I)cc2Cl)c(=O)[nH]c1=O. The molecule has 90 valence electrons. The van der Waals surface area contributed by atoms with Gasteiger partial charge in [0.05, 0.1) is 10.7 Å². The van der Waals surface area contributed by atoms with E-state index in [1.54, 1.807) is 24.3 Å². The second-order valence-electron chi connectivity index (χ2n) is 3.38. The first-order valence-electron chi connectivity index (χ1n) is 4.74. The van der Waals surface area contributed by atoms with Crippen molar-refractivity contribution in [2.45, 2.75) is 0 Å². The van der Waals surface area contributed by atoms with Crippen LogP contribution in [0.25, 0.3) is 5.69 Å². The zero-order valence-corrected chi connectivity index (χ0v) is 11.7. The minimum atomic E-state index is -0.708. The molecule has 0 aliphatic carbocycles. The molecule has 0 aliphatic heterocycles. The van der Waals surface area contributed by atoms with Crippen LogP contribution in [0.5, 0.6) is 0 Å². The number of aromatic nitrogens is 2. The van der Waals surface area contributed by atoms with Crippen LogP contribution in [0.1, 0.15) is 5.56 Å². The van der Waals surface area contributed by atoms with Crippen molar-refractivity contribution in [3.8, 4) is 11.8 Å². The summed E-state index contributed by atoms with van der Waals surface area (Å²) in [4.78, 5) is 25.0. The molecule has 0 unspecified atom stereocenters. The van der Waals surface area contributed by atoms with Gasteiger partial charge in [-0.3, -0.25) is 14.3 Å². The summed E-state index contributed by atoms with van der Waals surface area (Å²) < 4.78 is 2.05. The van der Waals surface area contributed by atoms with Crippen molar-refractivity contribution < 1.29 is 0 Å². The van der Waals surface area contributed by atoms with Crippen LogP contribution in [0.2, 0.25) is 5.02 Å². The minimum Gasteiger partial charge on any atom is -0.273 e. The lowest BCUT2D eigenvalue weighted by molar-refractivity contribution is 0.889. The summed E-state index contributed by atoms with van der Waals surface area (Å²) in [6.07, 6.45) is 1.18. The highest BCUT2D eigenvalue weighted by Gasteiger charge is 2.09. The number of halogens is 2. The van der Waals surface area contributed by atoms with Gasteiger partial charge in [0.25, 0.3) is 5.56 Å². The third-order valence-corrected chi connectivity index (χ3v) is 3.21. The van der Waals surface area contributed by atoms with Crippen molar-refractivity contribution in [1.29, 1.82) is 5.26 Å². The van der Waals surface area contributed by atoms with Crippen molar-refractivity contribution in [3.05, 3.63) is 59.4 Å². The van der Waals surface area contributed by atoms with Gasteiger partial charge < -0.3 is 0 Å². The molecule has 0 radical (unpaired) electrons. The minimum absolute atomic E-state index is 0.149. The first kappa shape index (κ1) is 12.9.